The van der Waals surface area contributed by atoms with E-state index in [0.29, 0.717) is 0 Å². The van der Waals surface area contributed by atoms with Crippen LogP contribution in [-0.2, 0) is 19.2 Å². The highest BCUT2D eigenvalue weighted by Gasteiger charge is 2.44. The Bertz CT molecular complexity index is 388. The first-order valence-corrected chi connectivity index (χ1v) is 6.10. The van der Waals surface area contributed by atoms with Crippen molar-refractivity contribution in [2.24, 2.45) is 0 Å². The summed E-state index contributed by atoms with van der Waals surface area (Å²) >= 11 is 0. The van der Waals surface area contributed by atoms with E-state index in [1.54, 1.807) is 0 Å². The van der Waals surface area contributed by atoms with E-state index in [-0.39, 0.29) is 31.5 Å². The van der Waals surface area contributed by atoms with Gasteiger partial charge in [0.05, 0.1) is 6.61 Å². The fraction of sp³-hybridized carbons (Fsp3) is 0.625. The highest BCUT2D eigenvalue weighted by molar-refractivity contribution is 8.15. The molecule has 0 N–H and O–H groups in total. The number of halogens is 3. The van der Waals surface area contributed by atoms with Crippen LogP contribution in [0.5, 0.6) is 0 Å². The summed E-state index contributed by atoms with van der Waals surface area (Å²) in [4.78, 5) is 10.8. The molecule has 0 unspecified atom stereocenters. The third-order valence-corrected chi connectivity index (χ3v) is 2.91. The van der Waals surface area contributed by atoms with Crippen molar-refractivity contribution < 1.29 is 31.1 Å². The number of hydrogen-bond acceptors (Lipinski definition) is 4. The van der Waals surface area contributed by atoms with Crippen LogP contribution in [0.4, 0.5) is 13.2 Å². The molecule has 97 valence electrons. The maximum absolute atomic E-state index is 11.9. The number of rotatable bonds is 6. The molecule has 9 heteroatoms. The van der Waals surface area contributed by atoms with Gasteiger partial charge in [0.1, 0.15) is 0 Å². The molecule has 0 rings (SSSR count). The Morgan fingerprint density at radius 1 is 1.41 bits per heavy atom. The summed E-state index contributed by atoms with van der Waals surface area (Å²) in [5, 5.41) is 0. The Hall–Kier alpha value is -0.985. The summed E-state index contributed by atoms with van der Waals surface area (Å²) < 4.78 is 61.3. The lowest BCUT2D eigenvalue weighted by atomic mass is 10.0. The van der Waals surface area contributed by atoms with Crippen molar-refractivity contribution >= 4 is 22.2 Å². The maximum atomic E-state index is 11.9. The fourth-order valence-corrected chi connectivity index (χ4v) is 1.37. The average Bonchev–Trinajstić information content (AvgIpc) is 2.14. The molecular weight excluding hydrogens is 260 g/mol. The van der Waals surface area contributed by atoms with Crippen LogP contribution in [0.1, 0.15) is 13.3 Å². The molecule has 0 bridgehead atoms. The first-order chi connectivity index (χ1) is 7.58. The zero-order valence-electron chi connectivity index (χ0n) is 9.08. The van der Waals surface area contributed by atoms with Gasteiger partial charge in [-0.1, -0.05) is 12.9 Å². The number of ether oxygens (including phenoxy) is 1. The third kappa shape index (κ3) is 5.76. The average molecular weight is 271 g/mol. The smallest absolute Gasteiger partial charge is 0.462 e. The molecular formula is C8H11BF3O4S. The highest BCUT2D eigenvalue weighted by atomic mass is 32.2. The van der Waals surface area contributed by atoms with Gasteiger partial charge in [0.15, 0.2) is 9.69 Å². The normalized spacial score (nSPS) is 12.0. The molecule has 0 saturated heterocycles. The third-order valence-electron chi connectivity index (χ3n) is 1.59. The van der Waals surface area contributed by atoms with E-state index >= 15 is 0 Å². The van der Waals surface area contributed by atoms with E-state index < -0.39 is 21.2 Å². The first-order valence-electron chi connectivity index (χ1n) is 4.55. The monoisotopic (exact) mass is 271 g/mol. The zero-order valence-corrected chi connectivity index (χ0v) is 9.90. The predicted molar refractivity (Wildman–Crippen MR) is 55.9 cm³/mol. The van der Waals surface area contributed by atoms with Crippen molar-refractivity contribution in [2.75, 3.05) is 6.61 Å². The van der Waals surface area contributed by atoms with Crippen LogP contribution in [0.3, 0.4) is 0 Å². The van der Waals surface area contributed by atoms with Gasteiger partial charge < -0.3 is 4.74 Å². The van der Waals surface area contributed by atoms with Gasteiger partial charge in [0.25, 0.3) is 6.56 Å². The molecule has 0 aliphatic rings. The van der Waals surface area contributed by atoms with Gasteiger partial charge >= 0.3 is 11.5 Å². The van der Waals surface area contributed by atoms with Crippen LogP contribution in [0.25, 0.3) is 0 Å². The van der Waals surface area contributed by atoms with Gasteiger partial charge in [-0.25, -0.2) is 13.2 Å². The van der Waals surface area contributed by atoms with E-state index in [1.165, 1.54) is 6.92 Å². The van der Waals surface area contributed by atoms with Gasteiger partial charge in [-0.15, -0.1) is 0 Å². The molecule has 0 heterocycles. The molecule has 0 saturated carbocycles. The minimum atomic E-state index is -5.28. The number of esters is 1. The summed E-state index contributed by atoms with van der Waals surface area (Å²) in [7, 11) is -5.20. The summed E-state index contributed by atoms with van der Waals surface area (Å²) in [6.07, 6.45) is -0.348. The molecule has 0 aromatic carbocycles. The standard InChI is InChI=1S/C8H11BF3O4S/c1-6(2)7(13)16-5-3-4-9-17(14,15)8(10,11)12/h1,3-5H2,2H3. The van der Waals surface area contributed by atoms with Crippen molar-refractivity contribution in [3.63, 3.8) is 0 Å². The van der Waals surface area contributed by atoms with Crippen molar-refractivity contribution in [3.05, 3.63) is 12.2 Å². The van der Waals surface area contributed by atoms with Crippen LogP contribution in [0.2, 0.25) is 6.32 Å². The molecule has 0 aliphatic heterocycles. The van der Waals surface area contributed by atoms with Crippen molar-refractivity contribution in [2.45, 2.75) is 25.2 Å². The van der Waals surface area contributed by atoms with Crippen LogP contribution >= 0.6 is 0 Å². The quantitative estimate of drug-likeness (QED) is 0.317. The van der Waals surface area contributed by atoms with Crippen LogP contribution < -0.4 is 0 Å². The lowest BCUT2D eigenvalue weighted by molar-refractivity contribution is -0.138. The highest BCUT2D eigenvalue weighted by Crippen LogP contribution is 2.23. The Labute approximate surface area is 97.9 Å². The molecule has 0 fully saturated rings. The van der Waals surface area contributed by atoms with Crippen molar-refractivity contribution in [3.8, 4) is 0 Å². The Balaban J connectivity index is 3.88. The van der Waals surface area contributed by atoms with Crippen LogP contribution in [-0.4, -0.2) is 33.1 Å². The van der Waals surface area contributed by atoms with Gasteiger partial charge in [0.2, 0.25) is 0 Å². The Morgan fingerprint density at radius 2 is 1.94 bits per heavy atom. The van der Waals surface area contributed by atoms with E-state index in [4.69, 9.17) is 0 Å². The molecule has 4 nitrogen and oxygen atoms in total. The second-order valence-electron chi connectivity index (χ2n) is 3.22. The summed E-state index contributed by atoms with van der Waals surface area (Å²) in [5.74, 6) is -0.663. The first kappa shape index (κ1) is 16.0. The SMILES string of the molecule is C=C(C)C(=O)OCCC[B]S(=O)(=O)C(F)(F)F. The summed E-state index contributed by atoms with van der Waals surface area (Å²) in [6, 6.07) is 0. The van der Waals surface area contributed by atoms with E-state index in [9.17, 15) is 26.4 Å². The van der Waals surface area contributed by atoms with Gasteiger partial charge in [-0.05, 0) is 13.3 Å². The second kappa shape index (κ2) is 6.09. The Morgan fingerprint density at radius 3 is 2.35 bits per heavy atom. The predicted octanol–water partition coefficient (Wildman–Crippen LogP) is 1.47. The van der Waals surface area contributed by atoms with Gasteiger partial charge in [0, 0.05) is 5.57 Å². The van der Waals surface area contributed by atoms with Gasteiger partial charge in [-0.3, -0.25) is 0 Å². The molecule has 1 radical (unpaired) electrons. The molecule has 0 amide bonds. The second-order valence-corrected chi connectivity index (χ2v) is 5.10. The van der Waals surface area contributed by atoms with Crippen molar-refractivity contribution in [1.29, 1.82) is 0 Å². The molecule has 0 atom stereocenters. The summed E-state index contributed by atoms with van der Waals surface area (Å²) in [6.45, 7) is 4.73. The molecule has 0 aromatic heterocycles. The minimum Gasteiger partial charge on any atom is -0.462 e. The van der Waals surface area contributed by atoms with E-state index in [0.717, 1.165) is 0 Å². The zero-order chi connectivity index (χ0) is 13.7. The van der Waals surface area contributed by atoms with E-state index in [1.807, 2.05) is 0 Å². The largest absolute Gasteiger partial charge is 0.486 e. The maximum Gasteiger partial charge on any atom is 0.486 e. The van der Waals surface area contributed by atoms with Crippen molar-refractivity contribution in [1.82, 2.24) is 0 Å². The molecule has 17 heavy (non-hydrogen) atoms. The number of alkyl halides is 3. The van der Waals surface area contributed by atoms with Crippen LogP contribution in [0, 0.1) is 0 Å². The molecule has 0 spiro atoms. The van der Waals surface area contributed by atoms with Gasteiger partial charge in [-0.2, -0.15) is 13.2 Å². The fourth-order valence-electron chi connectivity index (χ4n) is 0.704. The topological polar surface area (TPSA) is 60.4 Å². The Kier molecular flexibility index (Phi) is 5.73. The number of carbonyl (C=O) groups is 1. The number of carbonyl (C=O) groups excluding carboxylic acids is 1. The van der Waals surface area contributed by atoms with Crippen LogP contribution in [0.15, 0.2) is 12.2 Å². The lowest BCUT2D eigenvalue weighted by Crippen LogP contribution is -2.28. The molecule has 0 aromatic rings. The minimum absolute atomic E-state index is 0.00562. The van der Waals surface area contributed by atoms with E-state index in [2.05, 4.69) is 11.3 Å². The number of hydrogen-bond donors (Lipinski definition) is 0. The lowest BCUT2D eigenvalue weighted by Gasteiger charge is -2.07. The summed E-state index contributed by atoms with van der Waals surface area (Å²) in [5.41, 5.74) is -5.11. The molecule has 0 aliphatic carbocycles.